The summed E-state index contributed by atoms with van der Waals surface area (Å²) >= 11 is 0. The van der Waals surface area contributed by atoms with Crippen molar-refractivity contribution in [1.29, 1.82) is 0 Å². The molecule has 1 unspecified atom stereocenters. The second kappa shape index (κ2) is 7.07. The molecule has 1 atom stereocenters. The van der Waals surface area contributed by atoms with Crippen LogP contribution in [0.15, 0.2) is 24.3 Å². The van der Waals surface area contributed by atoms with Crippen LogP contribution in [-0.2, 0) is 16.1 Å². The Bertz CT molecular complexity index is 771. The van der Waals surface area contributed by atoms with Crippen LogP contribution in [0.5, 0.6) is 0 Å². The number of benzene rings is 1. The van der Waals surface area contributed by atoms with Gasteiger partial charge in [0.1, 0.15) is 11.6 Å². The number of carbonyl (C=O) groups excluding carboxylic acids is 3. The molecule has 3 rings (SSSR count). The van der Waals surface area contributed by atoms with Crippen molar-refractivity contribution in [2.24, 2.45) is 0 Å². The average molecular weight is 330 g/mol. The summed E-state index contributed by atoms with van der Waals surface area (Å²) in [6, 6.07) is 6.57. The van der Waals surface area contributed by atoms with E-state index in [1.54, 1.807) is 4.68 Å². The van der Waals surface area contributed by atoms with Gasteiger partial charge in [0.25, 0.3) is 5.91 Å². The van der Waals surface area contributed by atoms with Gasteiger partial charge in [-0.3, -0.25) is 14.9 Å². The molecule has 0 saturated carbocycles. The first-order valence-corrected chi connectivity index (χ1v) is 7.80. The molecule has 1 aliphatic heterocycles. The molecular formula is C15H18N6O3. The Balaban J connectivity index is 1.36. The van der Waals surface area contributed by atoms with Gasteiger partial charge in [0.15, 0.2) is 0 Å². The van der Waals surface area contributed by atoms with Crippen LogP contribution in [0.4, 0.5) is 4.79 Å². The third kappa shape index (κ3) is 3.67. The summed E-state index contributed by atoms with van der Waals surface area (Å²) in [5, 5.41) is 15.6. The van der Waals surface area contributed by atoms with Crippen LogP contribution < -0.4 is 16.0 Å². The summed E-state index contributed by atoms with van der Waals surface area (Å²) in [6.45, 7) is 1.16. The highest BCUT2D eigenvalue weighted by Gasteiger charge is 2.29. The number of nitrogens with one attached hydrogen (secondary N) is 3. The molecule has 3 N–H and O–H groups in total. The van der Waals surface area contributed by atoms with Crippen LogP contribution in [0.25, 0.3) is 11.0 Å². The van der Waals surface area contributed by atoms with Crippen LogP contribution in [-0.4, -0.2) is 45.4 Å². The van der Waals surface area contributed by atoms with Crippen LogP contribution >= 0.6 is 0 Å². The molecule has 2 heterocycles. The van der Waals surface area contributed by atoms with Crippen molar-refractivity contribution >= 4 is 28.9 Å². The van der Waals surface area contributed by atoms with Gasteiger partial charge in [-0.05, 0) is 25.0 Å². The number of para-hydroxylation sites is 1. The van der Waals surface area contributed by atoms with E-state index in [4.69, 9.17) is 0 Å². The molecule has 1 fully saturated rings. The lowest BCUT2D eigenvalue weighted by Crippen LogP contribution is -2.32. The SMILES string of the molecule is O=C(CCC1NC(=O)NC1=O)NCCCn1nnc2ccccc21. The van der Waals surface area contributed by atoms with E-state index >= 15 is 0 Å². The zero-order chi connectivity index (χ0) is 16.9. The molecule has 9 nitrogen and oxygen atoms in total. The summed E-state index contributed by atoms with van der Waals surface area (Å²) in [7, 11) is 0. The lowest BCUT2D eigenvalue weighted by atomic mass is 10.1. The molecular weight excluding hydrogens is 312 g/mol. The van der Waals surface area contributed by atoms with Crippen LogP contribution in [0.3, 0.4) is 0 Å². The Morgan fingerprint density at radius 2 is 2.12 bits per heavy atom. The Hall–Kier alpha value is -2.97. The Labute approximate surface area is 137 Å². The Kier molecular flexibility index (Phi) is 4.69. The lowest BCUT2D eigenvalue weighted by molar-refractivity contribution is -0.122. The van der Waals surface area contributed by atoms with E-state index in [1.807, 2.05) is 24.3 Å². The van der Waals surface area contributed by atoms with Crippen molar-refractivity contribution in [1.82, 2.24) is 30.9 Å². The molecule has 0 spiro atoms. The fourth-order valence-electron chi connectivity index (χ4n) is 2.57. The van der Waals surface area contributed by atoms with Gasteiger partial charge in [0, 0.05) is 19.5 Å². The fraction of sp³-hybridized carbons (Fsp3) is 0.400. The van der Waals surface area contributed by atoms with Gasteiger partial charge in [0.05, 0.1) is 5.52 Å². The summed E-state index contributed by atoms with van der Waals surface area (Å²) in [5.74, 6) is -0.529. The van der Waals surface area contributed by atoms with Crippen LogP contribution in [0.2, 0.25) is 0 Å². The van der Waals surface area contributed by atoms with E-state index in [9.17, 15) is 14.4 Å². The maximum atomic E-state index is 11.8. The molecule has 126 valence electrons. The highest BCUT2D eigenvalue weighted by molar-refractivity contribution is 6.04. The number of hydrogen-bond donors (Lipinski definition) is 3. The molecule has 0 radical (unpaired) electrons. The number of rotatable bonds is 7. The lowest BCUT2D eigenvalue weighted by Gasteiger charge is -2.08. The third-order valence-electron chi connectivity index (χ3n) is 3.81. The van der Waals surface area contributed by atoms with Gasteiger partial charge in [-0.1, -0.05) is 17.3 Å². The Morgan fingerprint density at radius 1 is 1.29 bits per heavy atom. The van der Waals surface area contributed by atoms with Gasteiger partial charge in [-0.2, -0.15) is 0 Å². The van der Waals surface area contributed by atoms with E-state index in [0.717, 1.165) is 17.5 Å². The monoisotopic (exact) mass is 330 g/mol. The van der Waals surface area contributed by atoms with Gasteiger partial charge in [-0.15, -0.1) is 5.10 Å². The maximum absolute atomic E-state index is 11.8. The van der Waals surface area contributed by atoms with E-state index in [-0.39, 0.29) is 24.7 Å². The van der Waals surface area contributed by atoms with Gasteiger partial charge < -0.3 is 10.6 Å². The van der Waals surface area contributed by atoms with Crippen molar-refractivity contribution in [2.75, 3.05) is 6.54 Å². The number of aryl methyl sites for hydroxylation is 1. The van der Waals surface area contributed by atoms with Crippen molar-refractivity contribution in [3.63, 3.8) is 0 Å². The number of urea groups is 1. The molecule has 24 heavy (non-hydrogen) atoms. The minimum absolute atomic E-state index is 0.146. The van der Waals surface area contributed by atoms with Gasteiger partial charge in [0.2, 0.25) is 5.91 Å². The molecule has 0 aliphatic carbocycles. The van der Waals surface area contributed by atoms with E-state index in [0.29, 0.717) is 13.1 Å². The Morgan fingerprint density at radius 3 is 2.92 bits per heavy atom. The number of aromatic nitrogens is 3. The standard InChI is InChI=1S/C15H18N6O3/c22-13(7-6-11-14(23)18-15(24)17-11)16-8-3-9-21-12-5-2-1-4-10(12)19-20-21/h1-2,4-5,11H,3,6-9H2,(H,16,22)(H2,17,18,23,24). The molecule has 1 aromatic carbocycles. The van der Waals surface area contributed by atoms with Crippen LogP contribution in [0.1, 0.15) is 19.3 Å². The van der Waals surface area contributed by atoms with Crippen molar-refractivity contribution < 1.29 is 14.4 Å². The molecule has 9 heteroatoms. The zero-order valence-corrected chi connectivity index (χ0v) is 13.0. The van der Waals surface area contributed by atoms with Gasteiger partial charge in [-0.25, -0.2) is 9.48 Å². The molecule has 4 amide bonds. The van der Waals surface area contributed by atoms with Crippen molar-refractivity contribution in [3.8, 4) is 0 Å². The highest BCUT2D eigenvalue weighted by atomic mass is 16.2. The van der Waals surface area contributed by atoms with E-state index in [1.165, 1.54) is 0 Å². The third-order valence-corrected chi connectivity index (χ3v) is 3.81. The number of hydrogen-bond acceptors (Lipinski definition) is 5. The molecule has 1 saturated heterocycles. The molecule has 2 aromatic rings. The highest BCUT2D eigenvalue weighted by Crippen LogP contribution is 2.09. The topological polar surface area (TPSA) is 118 Å². The summed E-state index contributed by atoms with van der Waals surface area (Å²) in [4.78, 5) is 34.1. The van der Waals surface area contributed by atoms with E-state index < -0.39 is 12.1 Å². The number of imide groups is 1. The second-order valence-electron chi connectivity index (χ2n) is 5.56. The number of carbonyl (C=O) groups is 3. The van der Waals surface area contributed by atoms with Crippen molar-refractivity contribution in [3.05, 3.63) is 24.3 Å². The molecule has 1 aromatic heterocycles. The maximum Gasteiger partial charge on any atom is 0.322 e. The first-order valence-electron chi connectivity index (χ1n) is 7.80. The number of fused-ring (bicyclic) bond motifs is 1. The first-order chi connectivity index (χ1) is 11.6. The predicted octanol–water partition coefficient (Wildman–Crippen LogP) is -0.0742. The van der Waals surface area contributed by atoms with Crippen LogP contribution in [0, 0.1) is 0 Å². The minimum Gasteiger partial charge on any atom is -0.356 e. The molecule has 1 aliphatic rings. The quantitative estimate of drug-likeness (QED) is 0.485. The zero-order valence-electron chi connectivity index (χ0n) is 13.0. The van der Waals surface area contributed by atoms with Gasteiger partial charge >= 0.3 is 6.03 Å². The number of nitrogens with zero attached hydrogens (tertiary/aromatic N) is 3. The number of amides is 4. The first kappa shape index (κ1) is 15.9. The smallest absolute Gasteiger partial charge is 0.322 e. The normalized spacial score (nSPS) is 16.9. The fourth-order valence-corrected chi connectivity index (χ4v) is 2.57. The van der Waals surface area contributed by atoms with Crippen molar-refractivity contribution in [2.45, 2.75) is 31.8 Å². The van der Waals surface area contributed by atoms with E-state index in [2.05, 4.69) is 26.3 Å². The predicted molar refractivity (Wildman–Crippen MR) is 84.9 cm³/mol. The molecule has 0 bridgehead atoms. The summed E-state index contributed by atoms with van der Waals surface area (Å²) in [5.41, 5.74) is 1.81. The summed E-state index contributed by atoms with van der Waals surface area (Å²) < 4.78 is 1.81. The summed E-state index contributed by atoms with van der Waals surface area (Å²) in [6.07, 6.45) is 1.20. The average Bonchev–Trinajstić information content (AvgIpc) is 3.12. The second-order valence-corrected chi connectivity index (χ2v) is 5.56. The largest absolute Gasteiger partial charge is 0.356 e. The minimum atomic E-state index is -0.621.